The van der Waals surface area contributed by atoms with E-state index < -0.39 is 31.0 Å². The summed E-state index contributed by atoms with van der Waals surface area (Å²) in [6.07, 6.45) is -6.50. The molecule has 1 amide bonds. The Kier molecular flexibility index (Phi) is 9.42. The third-order valence-corrected chi connectivity index (χ3v) is 4.39. The first-order valence-corrected chi connectivity index (χ1v) is 9.11. The molecular weight excluding hydrogens is 453 g/mol. The van der Waals surface area contributed by atoms with E-state index in [0.717, 1.165) is 5.56 Å². The highest BCUT2D eigenvalue weighted by Gasteiger charge is 2.31. The zero-order valence-electron chi connectivity index (χ0n) is 12.8. The number of hydrogen-bond acceptors (Lipinski definition) is 6. The van der Waals surface area contributed by atoms with Crippen molar-refractivity contribution in [1.82, 2.24) is 4.90 Å². The third-order valence-electron chi connectivity index (χ3n) is 3.49. The minimum absolute atomic E-state index is 0.177. The minimum atomic E-state index is -1.72. The molecule has 1 aromatic carbocycles. The van der Waals surface area contributed by atoms with Gasteiger partial charge in [-0.2, -0.15) is 0 Å². The summed E-state index contributed by atoms with van der Waals surface area (Å²) in [5.74, 6) is -0.256. The highest BCUT2D eigenvalue weighted by Crippen LogP contribution is 2.14. The van der Waals surface area contributed by atoms with Gasteiger partial charge in [-0.25, -0.2) is 0 Å². The van der Waals surface area contributed by atoms with Crippen LogP contribution < -0.4 is 0 Å². The molecular formula is C15H21ClINO6. The number of alkyl halides is 1. The molecule has 0 saturated heterocycles. The Hall–Kier alpha value is -0.490. The van der Waals surface area contributed by atoms with Gasteiger partial charge in [-0.05, 0) is 17.7 Å². The number of halogens is 2. The van der Waals surface area contributed by atoms with Crippen LogP contribution in [0, 0.1) is 0 Å². The maximum Gasteiger partial charge on any atom is 0.232 e. The number of carbonyl (C=O) groups excluding carboxylic acids is 1. The molecule has 0 bridgehead atoms. The van der Waals surface area contributed by atoms with E-state index in [2.05, 4.69) is 0 Å². The molecule has 4 unspecified atom stereocenters. The Labute approximate surface area is 158 Å². The second-order valence-electron chi connectivity index (χ2n) is 5.33. The molecule has 4 atom stereocenters. The molecule has 1 aromatic rings. The lowest BCUT2D eigenvalue weighted by atomic mass is 10.0. The number of benzene rings is 1. The average molecular weight is 474 g/mol. The van der Waals surface area contributed by atoms with Gasteiger partial charge < -0.3 is 30.4 Å². The first kappa shape index (κ1) is 21.6. The molecule has 0 fully saturated rings. The van der Waals surface area contributed by atoms with Gasteiger partial charge in [0.15, 0.2) is 0 Å². The monoisotopic (exact) mass is 473 g/mol. The van der Waals surface area contributed by atoms with Crippen LogP contribution in [0.25, 0.3) is 0 Å². The lowest BCUT2D eigenvalue weighted by molar-refractivity contribution is -0.138. The Morgan fingerprint density at radius 2 is 1.62 bits per heavy atom. The van der Waals surface area contributed by atoms with Crippen molar-refractivity contribution in [1.29, 1.82) is 0 Å². The topological polar surface area (TPSA) is 121 Å². The zero-order chi connectivity index (χ0) is 18.3. The summed E-state index contributed by atoms with van der Waals surface area (Å²) in [6, 6.07) is 6.83. The standard InChI is InChI=1S/C15H21ClINO6/c16-10-3-1-9(2-4-10)6-18(13(22)5-17)7-11(20)14(23)15(24)12(21)8-19/h1-4,11-12,14-15,19-21,23-24H,5-8H2. The van der Waals surface area contributed by atoms with Crippen LogP contribution in [0.15, 0.2) is 24.3 Å². The molecule has 1 rings (SSSR count). The van der Waals surface area contributed by atoms with E-state index in [9.17, 15) is 25.2 Å². The normalized spacial score (nSPS) is 16.3. The van der Waals surface area contributed by atoms with Gasteiger partial charge in [0, 0.05) is 18.1 Å². The van der Waals surface area contributed by atoms with Gasteiger partial charge in [0.05, 0.1) is 11.0 Å². The zero-order valence-corrected chi connectivity index (χ0v) is 15.7. The summed E-state index contributed by atoms with van der Waals surface area (Å²) < 4.78 is 0.177. The van der Waals surface area contributed by atoms with E-state index in [0.29, 0.717) is 5.02 Å². The highest BCUT2D eigenvalue weighted by molar-refractivity contribution is 14.1. The van der Waals surface area contributed by atoms with Crippen molar-refractivity contribution in [2.24, 2.45) is 0 Å². The van der Waals surface area contributed by atoms with Crippen molar-refractivity contribution >= 4 is 40.1 Å². The Balaban J connectivity index is 2.78. The fraction of sp³-hybridized carbons (Fsp3) is 0.533. The Bertz CT molecular complexity index is 517. The van der Waals surface area contributed by atoms with E-state index in [1.807, 2.05) is 22.6 Å². The van der Waals surface area contributed by atoms with Crippen molar-refractivity contribution in [3.05, 3.63) is 34.9 Å². The van der Waals surface area contributed by atoms with Crippen LogP contribution in [0.2, 0.25) is 5.02 Å². The predicted octanol–water partition coefficient (Wildman–Crippen LogP) is -0.461. The molecule has 9 heteroatoms. The van der Waals surface area contributed by atoms with Crippen LogP contribution >= 0.6 is 34.2 Å². The van der Waals surface area contributed by atoms with Crippen LogP contribution in [-0.4, -0.2) is 78.3 Å². The molecule has 0 aliphatic carbocycles. The van der Waals surface area contributed by atoms with Crippen LogP contribution in [0.5, 0.6) is 0 Å². The SMILES string of the molecule is O=C(CI)N(Cc1ccc(Cl)cc1)CC(O)C(O)C(O)C(O)CO. The van der Waals surface area contributed by atoms with Crippen molar-refractivity contribution in [3.8, 4) is 0 Å². The summed E-state index contributed by atoms with van der Waals surface area (Å²) in [5, 5.41) is 48.2. The fourth-order valence-corrected chi connectivity index (χ4v) is 2.65. The average Bonchev–Trinajstić information content (AvgIpc) is 2.59. The van der Waals surface area contributed by atoms with Gasteiger partial charge in [0.2, 0.25) is 5.91 Å². The molecule has 0 radical (unpaired) electrons. The minimum Gasteiger partial charge on any atom is -0.394 e. The second kappa shape index (κ2) is 10.5. The smallest absolute Gasteiger partial charge is 0.232 e. The van der Waals surface area contributed by atoms with Gasteiger partial charge in [-0.15, -0.1) is 0 Å². The molecule has 0 saturated carbocycles. The maximum absolute atomic E-state index is 12.0. The van der Waals surface area contributed by atoms with Crippen molar-refractivity contribution in [3.63, 3.8) is 0 Å². The van der Waals surface area contributed by atoms with Crippen molar-refractivity contribution < 1.29 is 30.3 Å². The molecule has 24 heavy (non-hydrogen) atoms. The second-order valence-corrected chi connectivity index (χ2v) is 6.53. The third kappa shape index (κ3) is 6.43. The number of amides is 1. The molecule has 0 aromatic heterocycles. The van der Waals surface area contributed by atoms with E-state index in [4.69, 9.17) is 16.7 Å². The van der Waals surface area contributed by atoms with Crippen LogP contribution in [0.1, 0.15) is 5.56 Å². The number of hydrogen-bond donors (Lipinski definition) is 5. The maximum atomic E-state index is 12.0. The van der Waals surface area contributed by atoms with Gasteiger partial charge in [-0.3, -0.25) is 4.79 Å². The van der Waals surface area contributed by atoms with E-state index in [-0.39, 0.29) is 23.4 Å². The lowest BCUT2D eigenvalue weighted by Gasteiger charge is -2.30. The van der Waals surface area contributed by atoms with E-state index in [1.165, 1.54) is 4.90 Å². The summed E-state index contributed by atoms with van der Waals surface area (Å²) in [5.41, 5.74) is 0.787. The number of aliphatic hydroxyl groups is 5. The van der Waals surface area contributed by atoms with Gasteiger partial charge in [0.1, 0.15) is 24.4 Å². The summed E-state index contributed by atoms with van der Waals surface area (Å²) in [6.45, 7) is -0.797. The number of aliphatic hydroxyl groups excluding tert-OH is 5. The summed E-state index contributed by atoms with van der Waals surface area (Å²) in [7, 11) is 0. The van der Waals surface area contributed by atoms with Gasteiger partial charge >= 0.3 is 0 Å². The largest absolute Gasteiger partial charge is 0.394 e. The van der Waals surface area contributed by atoms with Crippen molar-refractivity contribution in [2.75, 3.05) is 17.6 Å². The fourth-order valence-electron chi connectivity index (χ4n) is 2.05. The predicted molar refractivity (Wildman–Crippen MR) is 96.9 cm³/mol. The van der Waals surface area contributed by atoms with E-state index in [1.54, 1.807) is 24.3 Å². The quantitative estimate of drug-likeness (QED) is 0.244. The van der Waals surface area contributed by atoms with Crippen LogP contribution in [0.3, 0.4) is 0 Å². The molecule has 5 N–H and O–H groups in total. The van der Waals surface area contributed by atoms with Crippen LogP contribution in [0.4, 0.5) is 0 Å². The summed E-state index contributed by atoms with van der Waals surface area (Å²) in [4.78, 5) is 13.4. The van der Waals surface area contributed by atoms with Gasteiger partial charge in [-0.1, -0.05) is 46.3 Å². The molecule has 0 aliphatic rings. The molecule has 0 aliphatic heterocycles. The van der Waals surface area contributed by atoms with E-state index >= 15 is 0 Å². The number of rotatable bonds is 9. The lowest BCUT2D eigenvalue weighted by Crippen LogP contribution is -2.50. The molecule has 0 heterocycles. The molecule has 0 spiro atoms. The van der Waals surface area contributed by atoms with Crippen LogP contribution in [-0.2, 0) is 11.3 Å². The highest BCUT2D eigenvalue weighted by atomic mass is 127. The summed E-state index contributed by atoms with van der Waals surface area (Å²) >= 11 is 7.71. The van der Waals surface area contributed by atoms with Gasteiger partial charge in [0.25, 0.3) is 0 Å². The molecule has 136 valence electrons. The van der Waals surface area contributed by atoms with Crippen molar-refractivity contribution in [2.45, 2.75) is 31.0 Å². The first-order valence-electron chi connectivity index (χ1n) is 7.21. The Morgan fingerprint density at radius 3 is 2.12 bits per heavy atom. The number of carbonyl (C=O) groups is 1. The molecule has 7 nitrogen and oxygen atoms in total. The first-order chi connectivity index (χ1) is 11.3. The Morgan fingerprint density at radius 1 is 1.08 bits per heavy atom. The number of nitrogens with zero attached hydrogens (tertiary/aromatic N) is 1.